The number of hydrogen-bond acceptors (Lipinski definition) is 3. The lowest BCUT2D eigenvalue weighted by Gasteiger charge is -2.32. The molecule has 1 atom stereocenters. The molecular weight excluding hydrogens is 310 g/mol. The summed E-state index contributed by atoms with van der Waals surface area (Å²) in [5, 5.41) is 3.37. The Morgan fingerprint density at radius 3 is 2.67 bits per heavy atom. The maximum atomic E-state index is 13.9. The van der Waals surface area contributed by atoms with Crippen LogP contribution in [0.2, 0.25) is 0 Å². The predicted molar refractivity (Wildman–Crippen MR) is 90.3 cm³/mol. The van der Waals surface area contributed by atoms with Crippen molar-refractivity contribution in [3.63, 3.8) is 0 Å². The summed E-state index contributed by atoms with van der Waals surface area (Å²) in [6.45, 7) is 3.46. The Morgan fingerprint density at radius 2 is 1.88 bits per heavy atom. The Labute approximate surface area is 141 Å². The van der Waals surface area contributed by atoms with Gasteiger partial charge in [-0.05, 0) is 48.9 Å². The van der Waals surface area contributed by atoms with Crippen LogP contribution in [-0.4, -0.2) is 38.2 Å². The van der Waals surface area contributed by atoms with E-state index in [0.717, 1.165) is 43.7 Å². The summed E-state index contributed by atoms with van der Waals surface area (Å²) >= 11 is 0. The first-order valence-electron chi connectivity index (χ1n) is 8.22. The molecule has 0 amide bonds. The molecule has 5 heteroatoms. The number of benzene rings is 2. The highest BCUT2D eigenvalue weighted by atomic mass is 19.1. The molecule has 1 aliphatic heterocycles. The molecular formula is C19H22F2N2O. The molecule has 24 heavy (non-hydrogen) atoms. The van der Waals surface area contributed by atoms with Crippen molar-refractivity contribution in [2.75, 3.05) is 33.3 Å². The Kier molecular flexibility index (Phi) is 5.43. The minimum absolute atomic E-state index is 0.244. The van der Waals surface area contributed by atoms with Crippen molar-refractivity contribution in [2.24, 2.45) is 0 Å². The van der Waals surface area contributed by atoms with Crippen molar-refractivity contribution in [3.8, 4) is 5.75 Å². The van der Waals surface area contributed by atoms with E-state index >= 15 is 0 Å². The third-order valence-corrected chi connectivity index (χ3v) is 4.39. The van der Waals surface area contributed by atoms with E-state index in [2.05, 4.69) is 10.2 Å². The topological polar surface area (TPSA) is 24.5 Å². The third kappa shape index (κ3) is 3.74. The van der Waals surface area contributed by atoms with Gasteiger partial charge in [0.25, 0.3) is 0 Å². The maximum Gasteiger partial charge on any atom is 0.124 e. The molecule has 0 radical (unpaired) electrons. The zero-order valence-corrected chi connectivity index (χ0v) is 13.8. The minimum atomic E-state index is -0.319. The number of rotatable bonds is 4. The van der Waals surface area contributed by atoms with Crippen LogP contribution in [0.4, 0.5) is 8.78 Å². The van der Waals surface area contributed by atoms with Gasteiger partial charge in [0, 0.05) is 25.2 Å². The average Bonchev–Trinajstić information content (AvgIpc) is 2.85. The van der Waals surface area contributed by atoms with Gasteiger partial charge in [-0.25, -0.2) is 8.78 Å². The molecule has 2 aromatic rings. The van der Waals surface area contributed by atoms with E-state index < -0.39 is 0 Å². The van der Waals surface area contributed by atoms with Crippen LogP contribution < -0.4 is 10.1 Å². The van der Waals surface area contributed by atoms with Gasteiger partial charge in [0.05, 0.1) is 13.2 Å². The van der Waals surface area contributed by atoms with Crippen molar-refractivity contribution < 1.29 is 13.5 Å². The second kappa shape index (κ2) is 7.73. The molecule has 2 aromatic carbocycles. The standard InChI is InChI=1S/C19H22F2N2O/c1-24-18-7-6-16(21)13-17(18)19(14-4-2-5-15(20)12-14)23-10-3-8-22-9-11-23/h2,4-7,12-13,19,22H,3,8-11H2,1H3. The molecule has 3 nitrogen and oxygen atoms in total. The fraction of sp³-hybridized carbons (Fsp3) is 0.368. The van der Waals surface area contributed by atoms with Crippen LogP contribution in [0.3, 0.4) is 0 Å². The molecule has 0 bridgehead atoms. The van der Waals surface area contributed by atoms with Crippen LogP contribution in [-0.2, 0) is 0 Å². The molecule has 128 valence electrons. The number of ether oxygens (including phenoxy) is 1. The summed E-state index contributed by atoms with van der Waals surface area (Å²) in [5.74, 6) is 0.00355. The summed E-state index contributed by atoms with van der Waals surface area (Å²) in [4.78, 5) is 2.26. The third-order valence-electron chi connectivity index (χ3n) is 4.39. The fourth-order valence-corrected chi connectivity index (χ4v) is 3.31. The van der Waals surface area contributed by atoms with Crippen LogP contribution in [0.5, 0.6) is 5.75 Å². The maximum absolute atomic E-state index is 13.9. The van der Waals surface area contributed by atoms with E-state index in [1.54, 1.807) is 19.2 Å². The van der Waals surface area contributed by atoms with E-state index in [4.69, 9.17) is 4.74 Å². The smallest absolute Gasteiger partial charge is 0.124 e. The Morgan fingerprint density at radius 1 is 1.04 bits per heavy atom. The van der Waals surface area contributed by atoms with Gasteiger partial charge in [0.15, 0.2) is 0 Å². The van der Waals surface area contributed by atoms with Crippen molar-refractivity contribution in [2.45, 2.75) is 12.5 Å². The Balaban J connectivity index is 2.09. The molecule has 1 unspecified atom stereocenters. The fourth-order valence-electron chi connectivity index (χ4n) is 3.31. The first-order valence-corrected chi connectivity index (χ1v) is 8.22. The molecule has 0 spiro atoms. The van der Waals surface area contributed by atoms with E-state index in [9.17, 15) is 8.78 Å². The van der Waals surface area contributed by atoms with Gasteiger partial charge in [-0.1, -0.05) is 12.1 Å². The Bertz CT molecular complexity index is 685. The normalized spacial score (nSPS) is 17.3. The summed E-state index contributed by atoms with van der Waals surface area (Å²) in [7, 11) is 1.57. The summed E-state index contributed by atoms with van der Waals surface area (Å²) < 4.78 is 33.2. The van der Waals surface area contributed by atoms with Gasteiger partial charge in [-0.3, -0.25) is 4.90 Å². The largest absolute Gasteiger partial charge is 0.496 e. The van der Waals surface area contributed by atoms with E-state index in [1.807, 2.05) is 6.07 Å². The average molecular weight is 332 g/mol. The molecule has 3 rings (SSSR count). The van der Waals surface area contributed by atoms with Crippen molar-refractivity contribution >= 4 is 0 Å². The zero-order chi connectivity index (χ0) is 16.9. The van der Waals surface area contributed by atoms with Crippen LogP contribution in [0.1, 0.15) is 23.6 Å². The Hall–Kier alpha value is -1.98. The molecule has 1 N–H and O–H groups in total. The van der Waals surface area contributed by atoms with Crippen molar-refractivity contribution in [3.05, 3.63) is 65.2 Å². The molecule has 1 aliphatic rings. The van der Waals surface area contributed by atoms with Gasteiger partial charge < -0.3 is 10.1 Å². The van der Waals surface area contributed by atoms with Gasteiger partial charge >= 0.3 is 0 Å². The first kappa shape index (κ1) is 16.9. The van der Waals surface area contributed by atoms with Gasteiger partial charge in [-0.2, -0.15) is 0 Å². The summed E-state index contributed by atoms with van der Waals surface area (Å²) in [6.07, 6.45) is 0.990. The van der Waals surface area contributed by atoms with E-state index in [0.29, 0.717) is 5.75 Å². The number of methoxy groups -OCH3 is 1. The number of hydrogen-bond donors (Lipinski definition) is 1. The van der Waals surface area contributed by atoms with E-state index in [1.165, 1.54) is 24.3 Å². The van der Waals surface area contributed by atoms with Crippen molar-refractivity contribution in [1.82, 2.24) is 10.2 Å². The number of halogens is 2. The van der Waals surface area contributed by atoms with Crippen LogP contribution in [0.25, 0.3) is 0 Å². The first-order chi connectivity index (χ1) is 11.7. The highest BCUT2D eigenvalue weighted by molar-refractivity contribution is 5.42. The lowest BCUT2D eigenvalue weighted by Crippen LogP contribution is -2.33. The van der Waals surface area contributed by atoms with Crippen LogP contribution >= 0.6 is 0 Å². The van der Waals surface area contributed by atoms with Gasteiger partial charge in [0.2, 0.25) is 0 Å². The predicted octanol–water partition coefficient (Wildman–Crippen LogP) is 3.36. The van der Waals surface area contributed by atoms with Crippen LogP contribution in [0.15, 0.2) is 42.5 Å². The highest BCUT2D eigenvalue weighted by Gasteiger charge is 2.26. The monoisotopic (exact) mass is 332 g/mol. The molecule has 0 aromatic heterocycles. The molecule has 0 aliphatic carbocycles. The molecule has 0 saturated carbocycles. The van der Waals surface area contributed by atoms with E-state index in [-0.39, 0.29) is 17.7 Å². The highest BCUT2D eigenvalue weighted by Crippen LogP contribution is 2.35. The number of nitrogens with zero attached hydrogens (tertiary/aromatic N) is 1. The van der Waals surface area contributed by atoms with Crippen LogP contribution in [0, 0.1) is 11.6 Å². The SMILES string of the molecule is COc1ccc(F)cc1C(c1cccc(F)c1)N1CCCNCC1. The molecule has 1 saturated heterocycles. The van der Waals surface area contributed by atoms with Gasteiger partial charge in [0.1, 0.15) is 17.4 Å². The quantitative estimate of drug-likeness (QED) is 0.929. The minimum Gasteiger partial charge on any atom is -0.496 e. The lowest BCUT2D eigenvalue weighted by molar-refractivity contribution is 0.235. The molecule has 1 heterocycles. The van der Waals surface area contributed by atoms with Crippen molar-refractivity contribution in [1.29, 1.82) is 0 Å². The van der Waals surface area contributed by atoms with Gasteiger partial charge in [-0.15, -0.1) is 0 Å². The summed E-state index contributed by atoms with van der Waals surface area (Å²) in [5.41, 5.74) is 1.53. The zero-order valence-electron chi connectivity index (χ0n) is 13.8. The molecule has 1 fully saturated rings. The second-order valence-corrected chi connectivity index (χ2v) is 5.98. The lowest BCUT2D eigenvalue weighted by atomic mass is 9.95. The summed E-state index contributed by atoms with van der Waals surface area (Å²) in [6, 6.07) is 10.8. The second-order valence-electron chi connectivity index (χ2n) is 5.98. The number of nitrogens with one attached hydrogen (secondary N) is 1.